The molecule has 0 aliphatic rings. The molecule has 1 aromatic carbocycles. The first-order valence-corrected chi connectivity index (χ1v) is 6.09. The summed E-state index contributed by atoms with van der Waals surface area (Å²) in [5.74, 6) is -1.46. The minimum Gasteiger partial charge on any atom is -0.336 e. The van der Waals surface area contributed by atoms with Crippen LogP contribution in [0, 0.1) is 18.6 Å². The summed E-state index contributed by atoms with van der Waals surface area (Å²) in [5.41, 5.74) is -0.248. The van der Waals surface area contributed by atoms with E-state index in [1.165, 1.54) is 0 Å². The lowest BCUT2D eigenvalue weighted by Crippen LogP contribution is -2.05. The van der Waals surface area contributed by atoms with Gasteiger partial charge in [-0.3, -0.25) is 4.79 Å². The van der Waals surface area contributed by atoms with E-state index >= 15 is 0 Å². The summed E-state index contributed by atoms with van der Waals surface area (Å²) < 4.78 is 26.6. The van der Waals surface area contributed by atoms with E-state index in [1.54, 1.807) is 6.92 Å². The van der Waals surface area contributed by atoms with E-state index in [2.05, 4.69) is 15.3 Å². The molecule has 20 heavy (non-hydrogen) atoms. The lowest BCUT2D eigenvalue weighted by atomic mass is 10.2. The quantitative estimate of drug-likeness (QED) is 0.688. The number of rotatable bonds is 3. The van der Waals surface area contributed by atoms with Crippen LogP contribution in [-0.2, 0) is 0 Å². The van der Waals surface area contributed by atoms with Gasteiger partial charge in [0, 0.05) is 6.07 Å². The van der Waals surface area contributed by atoms with Gasteiger partial charge in [0.15, 0.2) is 12.1 Å². The topological polar surface area (TPSA) is 54.9 Å². The van der Waals surface area contributed by atoms with Crippen LogP contribution < -0.4 is 5.32 Å². The Labute approximate surface area is 122 Å². The van der Waals surface area contributed by atoms with Gasteiger partial charge in [-0.05, 0) is 13.0 Å². The number of halogens is 4. The fraction of sp³-hybridized carbons (Fsp3) is 0.0833. The summed E-state index contributed by atoms with van der Waals surface area (Å²) in [7, 11) is 0. The Morgan fingerprint density at radius 3 is 2.55 bits per heavy atom. The van der Waals surface area contributed by atoms with Crippen LogP contribution in [-0.4, -0.2) is 16.3 Å². The molecule has 0 saturated carbocycles. The molecule has 0 spiro atoms. The highest BCUT2D eigenvalue weighted by atomic mass is 35.5. The Morgan fingerprint density at radius 2 is 1.95 bits per heavy atom. The Balaban J connectivity index is 2.53. The summed E-state index contributed by atoms with van der Waals surface area (Å²) >= 11 is 11.5. The first kappa shape index (κ1) is 14.6. The summed E-state index contributed by atoms with van der Waals surface area (Å²) in [6.07, 6.45) is 0.430. The maximum Gasteiger partial charge on any atom is 0.156 e. The number of hydrogen-bond donors (Lipinski definition) is 1. The van der Waals surface area contributed by atoms with Crippen LogP contribution in [0.4, 0.5) is 20.3 Å². The number of nitrogens with one attached hydrogen (secondary N) is 1. The predicted octanol–water partition coefficient (Wildman–Crippen LogP) is 3.93. The summed E-state index contributed by atoms with van der Waals surface area (Å²) in [5, 5.41) is 2.26. The molecule has 0 saturated heterocycles. The molecule has 0 fully saturated rings. The molecule has 1 N–H and O–H groups in total. The molecule has 1 heterocycles. The van der Waals surface area contributed by atoms with Gasteiger partial charge in [0.25, 0.3) is 0 Å². The van der Waals surface area contributed by atoms with Crippen LogP contribution in [0.3, 0.4) is 0 Å². The van der Waals surface area contributed by atoms with Crippen LogP contribution in [0.15, 0.2) is 12.1 Å². The standard InChI is InChI=1S/C12H7Cl2F2N3O/c1-5-17-11(14)7(4-20)12(18-5)19-10-8(13)2-6(15)3-9(10)16/h2-4H,1H3,(H,17,18,19). The minimum atomic E-state index is -0.917. The van der Waals surface area contributed by atoms with Gasteiger partial charge in [-0.1, -0.05) is 23.2 Å². The summed E-state index contributed by atoms with van der Waals surface area (Å²) in [4.78, 5) is 18.7. The molecule has 104 valence electrons. The van der Waals surface area contributed by atoms with Crippen molar-refractivity contribution >= 4 is 41.0 Å². The van der Waals surface area contributed by atoms with Gasteiger partial charge in [-0.2, -0.15) is 0 Å². The fourth-order valence-corrected chi connectivity index (χ4v) is 2.02. The number of anilines is 2. The molecule has 0 atom stereocenters. The van der Waals surface area contributed by atoms with Crippen molar-refractivity contribution in [3.05, 3.63) is 45.3 Å². The van der Waals surface area contributed by atoms with E-state index in [4.69, 9.17) is 23.2 Å². The number of aromatic nitrogens is 2. The lowest BCUT2D eigenvalue weighted by Gasteiger charge is -2.11. The summed E-state index contributed by atoms with van der Waals surface area (Å²) in [6, 6.07) is 1.59. The number of hydrogen-bond acceptors (Lipinski definition) is 4. The molecule has 0 bridgehead atoms. The molecular formula is C12H7Cl2F2N3O. The van der Waals surface area contributed by atoms with Gasteiger partial charge in [-0.25, -0.2) is 18.7 Å². The van der Waals surface area contributed by atoms with Gasteiger partial charge in [0.2, 0.25) is 0 Å². The normalized spacial score (nSPS) is 10.4. The molecule has 0 aliphatic heterocycles. The highest BCUT2D eigenvalue weighted by Gasteiger charge is 2.16. The molecule has 0 unspecified atom stereocenters. The molecular weight excluding hydrogens is 311 g/mol. The number of aryl methyl sites for hydroxylation is 1. The zero-order chi connectivity index (χ0) is 14.9. The SMILES string of the molecule is Cc1nc(Cl)c(C=O)c(Nc2c(F)cc(F)cc2Cl)n1. The van der Waals surface area contributed by atoms with Crippen LogP contribution >= 0.6 is 23.2 Å². The van der Waals surface area contributed by atoms with Gasteiger partial charge in [0.1, 0.15) is 22.6 Å². The highest BCUT2D eigenvalue weighted by Crippen LogP contribution is 2.30. The molecule has 2 rings (SSSR count). The van der Waals surface area contributed by atoms with E-state index in [9.17, 15) is 13.6 Å². The fourth-order valence-electron chi connectivity index (χ4n) is 1.53. The third-order valence-electron chi connectivity index (χ3n) is 2.38. The Bertz CT molecular complexity index is 672. The first-order valence-electron chi connectivity index (χ1n) is 5.33. The maximum absolute atomic E-state index is 13.7. The van der Waals surface area contributed by atoms with E-state index in [0.717, 1.165) is 6.07 Å². The number of aldehydes is 1. The van der Waals surface area contributed by atoms with Crippen LogP contribution in [0.25, 0.3) is 0 Å². The maximum atomic E-state index is 13.7. The molecule has 0 radical (unpaired) electrons. The Morgan fingerprint density at radius 1 is 1.25 bits per heavy atom. The second-order valence-corrected chi connectivity index (χ2v) is 4.58. The third kappa shape index (κ3) is 2.86. The monoisotopic (exact) mass is 317 g/mol. The van der Waals surface area contributed by atoms with Crippen LogP contribution in [0.1, 0.15) is 16.2 Å². The molecule has 0 amide bonds. The average molecular weight is 318 g/mol. The average Bonchev–Trinajstić information content (AvgIpc) is 2.33. The third-order valence-corrected chi connectivity index (χ3v) is 2.97. The second kappa shape index (κ2) is 5.68. The van der Waals surface area contributed by atoms with E-state index in [1.807, 2.05) is 0 Å². The van der Waals surface area contributed by atoms with Crippen molar-refractivity contribution in [3.63, 3.8) is 0 Å². The number of benzene rings is 1. The van der Waals surface area contributed by atoms with Crippen molar-refractivity contribution in [2.75, 3.05) is 5.32 Å². The zero-order valence-electron chi connectivity index (χ0n) is 10.0. The van der Waals surface area contributed by atoms with Crippen LogP contribution in [0.5, 0.6) is 0 Å². The Kier molecular flexibility index (Phi) is 4.15. The molecule has 0 aliphatic carbocycles. The van der Waals surface area contributed by atoms with E-state index in [-0.39, 0.29) is 33.1 Å². The van der Waals surface area contributed by atoms with Gasteiger partial charge in [-0.15, -0.1) is 0 Å². The zero-order valence-corrected chi connectivity index (χ0v) is 11.6. The van der Waals surface area contributed by atoms with Crippen molar-refractivity contribution in [1.82, 2.24) is 9.97 Å². The minimum absolute atomic E-state index is 0.00934. The van der Waals surface area contributed by atoms with Crippen LogP contribution in [0.2, 0.25) is 10.2 Å². The van der Waals surface area contributed by atoms with Gasteiger partial charge in [0.05, 0.1) is 16.3 Å². The summed E-state index contributed by atoms with van der Waals surface area (Å²) in [6.45, 7) is 1.55. The predicted molar refractivity (Wildman–Crippen MR) is 71.8 cm³/mol. The van der Waals surface area contributed by atoms with Crippen molar-refractivity contribution in [3.8, 4) is 0 Å². The number of nitrogens with zero attached hydrogens (tertiary/aromatic N) is 2. The largest absolute Gasteiger partial charge is 0.336 e. The Hall–Kier alpha value is -1.79. The second-order valence-electron chi connectivity index (χ2n) is 3.81. The lowest BCUT2D eigenvalue weighted by molar-refractivity contribution is 0.112. The molecule has 4 nitrogen and oxygen atoms in total. The van der Waals surface area contributed by atoms with Crippen molar-refractivity contribution in [2.24, 2.45) is 0 Å². The smallest absolute Gasteiger partial charge is 0.156 e. The van der Waals surface area contributed by atoms with Crippen molar-refractivity contribution in [1.29, 1.82) is 0 Å². The van der Waals surface area contributed by atoms with E-state index in [0.29, 0.717) is 12.4 Å². The van der Waals surface area contributed by atoms with Crippen molar-refractivity contribution in [2.45, 2.75) is 6.92 Å². The molecule has 8 heteroatoms. The first-order chi connectivity index (χ1) is 9.42. The highest BCUT2D eigenvalue weighted by molar-refractivity contribution is 6.33. The van der Waals surface area contributed by atoms with Gasteiger partial charge >= 0.3 is 0 Å². The number of carbonyl (C=O) groups excluding carboxylic acids is 1. The van der Waals surface area contributed by atoms with Gasteiger partial charge < -0.3 is 5.32 Å². The van der Waals surface area contributed by atoms with Crippen molar-refractivity contribution < 1.29 is 13.6 Å². The molecule has 1 aromatic heterocycles. The van der Waals surface area contributed by atoms with E-state index < -0.39 is 11.6 Å². The molecule has 2 aromatic rings. The number of carbonyl (C=O) groups is 1.